The van der Waals surface area contributed by atoms with E-state index in [-0.39, 0.29) is 23.3 Å². The van der Waals surface area contributed by atoms with E-state index in [1.165, 1.54) is 16.8 Å². The molecular weight excluding hydrogens is 433 g/mol. The van der Waals surface area contributed by atoms with E-state index in [0.717, 1.165) is 30.4 Å². The lowest BCUT2D eigenvalue weighted by molar-refractivity contribution is -0.134. The number of nitrogens with zero attached hydrogens (tertiary/aromatic N) is 2. The molecule has 0 saturated carbocycles. The maximum atomic E-state index is 14.1. The Morgan fingerprint density at radius 1 is 1.12 bits per heavy atom. The third kappa shape index (κ3) is 4.44. The van der Waals surface area contributed by atoms with Gasteiger partial charge < -0.3 is 9.47 Å². The van der Waals surface area contributed by atoms with Crippen LogP contribution in [0.2, 0.25) is 5.02 Å². The normalized spacial score (nSPS) is 19.8. The van der Waals surface area contributed by atoms with Gasteiger partial charge in [-0.3, -0.25) is 19.7 Å². The molecule has 0 radical (unpaired) electrons. The van der Waals surface area contributed by atoms with Crippen molar-refractivity contribution in [3.63, 3.8) is 0 Å². The number of carbonyl (C=O) groups is 2. The van der Waals surface area contributed by atoms with Crippen LogP contribution in [0.15, 0.2) is 35.3 Å². The number of benzene rings is 1. The number of pyridine rings is 1. The number of hydrogen-bond acceptors (Lipinski definition) is 4. The van der Waals surface area contributed by atoms with Crippen molar-refractivity contribution in [2.75, 3.05) is 18.0 Å². The Morgan fingerprint density at radius 2 is 1.84 bits per heavy atom. The van der Waals surface area contributed by atoms with Crippen molar-refractivity contribution < 1.29 is 14.0 Å². The summed E-state index contributed by atoms with van der Waals surface area (Å²) in [5.74, 6) is -1.20. The second-order valence-electron chi connectivity index (χ2n) is 8.56. The molecule has 1 N–H and O–H groups in total. The van der Waals surface area contributed by atoms with Crippen LogP contribution < -0.4 is 15.8 Å². The number of piperidine rings is 2. The third-order valence-electron chi connectivity index (χ3n) is 6.45. The number of aromatic nitrogens is 1. The summed E-state index contributed by atoms with van der Waals surface area (Å²) in [7, 11) is 0. The van der Waals surface area contributed by atoms with E-state index in [4.69, 9.17) is 11.6 Å². The number of nitrogens with one attached hydrogen (secondary N) is 1. The van der Waals surface area contributed by atoms with Crippen LogP contribution >= 0.6 is 11.6 Å². The second kappa shape index (κ2) is 9.45. The molecule has 0 bridgehead atoms. The maximum Gasteiger partial charge on any atom is 0.274 e. The van der Waals surface area contributed by atoms with E-state index < -0.39 is 11.7 Å². The fourth-order valence-corrected chi connectivity index (χ4v) is 5.20. The Kier molecular flexibility index (Phi) is 6.65. The maximum absolute atomic E-state index is 14.1. The molecule has 2 aliphatic rings. The van der Waals surface area contributed by atoms with Crippen LogP contribution in [0, 0.1) is 5.82 Å². The molecule has 1 atom stereocenters. The molecule has 2 aromatic rings. The van der Waals surface area contributed by atoms with Crippen molar-refractivity contribution in [2.24, 2.45) is 0 Å². The Balaban J connectivity index is 1.52. The number of anilines is 1. The zero-order valence-corrected chi connectivity index (χ0v) is 18.8. The first-order valence-corrected chi connectivity index (χ1v) is 11.5. The molecule has 1 aromatic carbocycles. The van der Waals surface area contributed by atoms with E-state index >= 15 is 0 Å². The number of amides is 2. The van der Waals surface area contributed by atoms with Crippen molar-refractivity contribution in [1.82, 2.24) is 9.88 Å². The van der Waals surface area contributed by atoms with Crippen LogP contribution in [0.4, 0.5) is 10.1 Å². The van der Waals surface area contributed by atoms with Gasteiger partial charge in [-0.1, -0.05) is 36.7 Å². The minimum absolute atomic E-state index is 0.162. The van der Waals surface area contributed by atoms with Crippen molar-refractivity contribution in [2.45, 2.75) is 57.4 Å². The van der Waals surface area contributed by atoms with Gasteiger partial charge in [-0.15, -0.1) is 0 Å². The van der Waals surface area contributed by atoms with E-state index in [1.807, 2.05) is 30.0 Å². The van der Waals surface area contributed by atoms with E-state index in [0.29, 0.717) is 43.2 Å². The van der Waals surface area contributed by atoms with Crippen LogP contribution in [0.3, 0.4) is 0 Å². The van der Waals surface area contributed by atoms with Crippen molar-refractivity contribution in [3.05, 3.63) is 62.8 Å². The lowest BCUT2D eigenvalue weighted by Gasteiger charge is -2.34. The molecule has 2 aliphatic heterocycles. The quantitative estimate of drug-likeness (QED) is 0.687. The Bertz CT molecular complexity index is 1090. The van der Waals surface area contributed by atoms with Gasteiger partial charge in [0.1, 0.15) is 11.5 Å². The van der Waals surface area contributed by atoms with Gasteiger partial charge in [-0.05, 0) is 42.7 Å². The smallest absolute Gasteiger partial charge is 0.274 e. The molecule has 4 rings (SSSR count). The summed E-state index contributed by atoms with van der Waals surface area (Å²) in [4.78, 5) is 38.5. The molecule has 0 spiro atoms. The number of aryl methyl sites for hydroxylation is 1. The lowest BCUT2D eigenvalue weighted by atomic mass is 9.84. The summed E-state index contributed by atoms with van der Waals surface area (Å²) in [6.45, 7) is 3.68. The van der Waals surface area contributed by atoms with Crippen LogP contribution in [-0.2, 0) is 16.1 Å². The van der Waals surface area contributed by atoms with Gasteiger partial charge in [-0.25, -0.2) is 4.39 Å². The first-order valence-electron chi connectivity index (χ1n) is 11.2. The number of hydrogen-bond donors (Lipinski definition) is 1. The Morgan fingerprint density at radius 3 is 2.53 bits per heavy atom. The standard InChI is InChI=1S/C24H27ClFN3O3/c1-2-10-29-14-16(26)13-20(24(29)32)28-11-8-15(9-12-28)17-4-3-5-18(22(17)25)19-6-7-21(30)27-23(19)31/h3-5,13-15,19H,2,6-12H2,1H3,(H,27,30,31). The number of rotatable bonds is 5. The highest BCUT2D eigenvalue weighted by Crippen LogP contribution is 2.39. The van der Waals surface area contributed by atoms with Crippen LogP contribution in [-0.4, -0.2) is 29.5 Å². The highest BCUT2D eigenvalue weighted by Gasteiger charge is 2.31. The molecule has 32 heavy (non-hydrogen) atoms. The summed E-state index contributed by atoms with van der Waals surface area (Å²) in [6, 6.07) is 7.06. The highest BCUT2D eigenvalue weighted by molar-refractivity contribution is 6.32. The summed E-state index contributed by atoms with van der Waals surface area (Å²) in [5.41, 5.74) is 1.98. The van der Waals surface area contributed by atoms with E-state index in [1.54, 1.807) is 0 Å². The zero-order chi connectivity index (χ0) is 22.8. The molecule has 1 unspecified atom stereocenters. The van der Waals surface area contributed by atoms with Gasteiger partial charge in [0.15, 0.2) is 0 Å². The average molecular weight is 460 g/mol. The molecule has 2 saturated heterocycles. The molecule has 2 amide bonds. The molecule has 6 nitrogen and oxygen atoms in total. The minimum atomic E-state index is -0.426. The predicted molar refractivity (Wildman–Crippen MR) is 122 cm³/mol. The second-order valence-corrected chi connectivity index (χ2v) is 8.94. The molecule has 8 heteroatoms. The van der Waals surface area contributed by atoms with Gasteiger partial charge in [0.05, 0.1) is 5.92 Å². The average Bonchev–Trinajstić information content (AvgIpc) is 2.77. The van der Waals surface area contributed by atoms with Gasteiger partial charge in [-0.2, -0.15) is 0 Å². The predicted octanol–water partition coefficient (Wildman–Crippen LogP) is 3.96. The molecule has 1 aromatic heterocycles. The van der Waals surface area contributed by atoms with Gasteiger partial charge in [0.2, 0.25) is 11.8 Å². The molecule has 2 fully saturated rings. The fraction of sp³-hybridized carbons (Fsp3) is 0.458. The van der Waals surface area contributed by atoms with Crippen LogP contribution in [0.1, 0.15) is 62.0 Å². The highest BCUT2D eigenvalue weighted by atomic mass is 35.5. The summed E-state index contributed by atoms with van der Waals surface area (Å²) >= 11 is 6.75. The van der Waals surface area contributed by atoms with Crippen molar-refractivity contribution in [3.8, 4) is 0 Å². The van der Waals surface area contributed by atoms with Gasteiger partial charge in [0.25, 0.3) is 5.56 Å². The van der Waals surface area contributed by atoms with E-state index in [2.05, 4.69) is 5.32 Å². The Labute approximate surface area is 191 Å². The molecule has 0 aliphatic carbocycles. The van der Waals surface area contributed by atoms with Crippen LogP contribution in [0.25, 0.3) is 0 Å². The third-order valence-corrected chi connectivity index (χ3v) is 6.88. The van der Waals surface area contributed by atoms with Crippen LogP contribution in [0.5, 0.6) is 0 Å². The number of carbonyl (C=O) groups excluding carboxylic acids is 2. The largest absolute Gasteiger partial charge is 0.367 e. The van der Waals surface area contributed by atoms with E-state index in [9.17, 15) is 18.8 Å². The SMILES string of the molecule is CCCn1cc(F)cc(N2CCC(c3cccc(C4CCC(=O)NC4=O)c3Cl)CC2)c1=O. The number of halogens is 2. The van der Waals surface area contributed by atoms with Crippen molar-refractivity contribution >= 4 is 29.1 Å². The van der Waals surface area contributed by atoms with Gasteiger partial charge >= 0.3 is 0 Å². The minimum Gasteiger partial charge on any atom is -0.367 e. The summed E-state index contributed by atoms with van der Waals surface area (Å²) in [5, 5.41) is 2.98. The Hall–Kier alpha value is -2.67. The molecule has 3 heterocycles. The summed E-state index contributed by atoms with van der Waals surface area (Å²) < 4.78 is 15.5. The molecule has 170 valence electrons. The first-order chi connectivity index (χ1) is 15.4. The molecular formula is C24H27ClFN3O3. The lowest BCUT2D eigenvalue weighted by Crippen LogP contribution is -2.39. The topological polar surface area (TPSA) is 71.4 Å². The monoisotopic (exact) mass is 459 g/mol. The number of imide groups is 1. The summed E-state index contributed by atoms with van der Waals surface area (Å²) in [6.07, 6.45) is 4.31. The van der Waals surface area contributed by atoms with Crippen molar-refractivity contribution in [1.29, 1.82) is 0 Å². The fourth-order valence-electron chi connectivity index (χ4n) is 4.79. The van der Waals surface area contributed by atoms with Gasteiger partial charge in [0, 0.05) is 43.3 Å². The zero-order valence-electron chi connectivity index (χ0n) is 18.1. The first kappa shape index (κ1) is 22.5.